The van der Waals surface area contributed by atoms with Gasteiger partial charge in [-0.1, -0.05) is 6.92 Å². The fourth-order valence-corrected chi connectivity index (χ4v) is 2.09. The molecule has 0 atom stereocenters. The van der Waals surface area contributed by atoms with Gasteiger partial charge < -0.3 is 4.74 Å². The molecule has 3 rings (SSSR count). The molecule has 0 bridgehead atoms. The average Bonchev–Trinajstić information content (AvgIpc) is 2.57. The molecule has 0 saturated carbocycles. The van der Waals surface area contributed by atoms with E-state index in [0.717, 1.165) is 36.5 Å². The van der Waals surface area contributed by atoms with Crippen molar-refractivity contribution in [1.29, 1.82) is 0 Å². The fourth-order valence-electron chi connectivity index (χ4n) is 2.09. The van der Waals surface area contributed by atoms with Crippen LogP contribution >= 0.6 is 0 Å². The number of hydrogen-bond acceptors (Lipinski definition) is 3. The summed E-state index contributed by atoms with van der Waals surface area (Å²) in [6.07, 6.45) is 8.46. The number of aryl methyl sites for hydroxylation is 3. The van der Waals surface area contributed by atoms with Gasteiger partial charge in [0, 0.05) is 29.7 Å². The molecule has 1 aliphatic rings. The lowest BCUT2D eigenvalue weighted by Crippen LogP contribution is -1.94. The normalized spacial score (nSPS) is 13.2. The zero-order chi connectivity index (χ0) is 11.7. The van der Waals surface area contributed by atoms with Crippen molar-refractivity contribution >= 4 is 0 Å². The third-order valence-corrected chi connectivity index (χ3v) is 3.12. The van der Waals surface area contributed by atoms with Gasteiger partial charge in [0.15, 0.2) is 0 Å². The average molecular weight is 226 g/mol. The first-order valence-electron chi connectivity index (χ1n) is 5.95. The molecule has 0 aliphatic carbocycles. The fraction of sp³-hybridized carbons (Fsp3) is 0.286. The van der Waals surface area contributed by atoms with Gasteiger partial charge in [-0.25, -0.2) is 4.98 Å². The summed E-state index contributed by atoms with van der Waals surface area (Å²) < 4.78 is 5.85. The quantitative estimate of drug-likeness (QED) is 0.750. The lowest BCUT2D eigenvalue weighted by Gasteiger charge is -2.07. The molecule has 0 aromatic carbocycles. The summed E-state index contributed by atoms with van der Waals surface area (Å²) in [5.41, 5.74) is 3.61. The van der Waals surface area contributed by atoms with Gasteiger partial charge in [-0.05, 0) is 37.0 Å². The molecule has 0 radical (unpaired) electrons. The zero-order valence-corrected chi connectivity index (χ0v) is 9.81. The summed E-state index contributed by atoms with van der Waals surface area (Å²) in [5.74, 6) is 1.63. The molecule has 0 spiro atoms. The van der Waals surface area contributed by atoms with Crippen LogP contribution in [0.5, 0.6) is 11.6 Å². The van der Waals surface area contributed by atoms with E-state index in [1.807, 2.05) is 18.5 Å². The first-order chi connectivity index (χ1) is 8.36. The highest BCUT2D eigenvalue weighted by Gasteiger charge is 2.15. The number of nitrogens with zero attached hydrogens (tertiary/aromatic N) is 2. The molecule has 0 amide bonds. The molecule has 86 valence electrons. The minimum atomic E-state index is 0.743. The van der Waals surface area contributed by atoms with Gasteiger partial charge in [-0.3, -0.25) is 4.98 Å². The number of fused-ring (bicyclic) bond motifs is 2. The van der Waals surface area contributed by atoms with Crippen LogP contribution in [-0.2, 0) is 19.3 Å². The van der Waals surface area contributed by atoms with Crippen LogP contribution in [0, 0.1) is 0 Å². The second kappa shape index (κ2) is 4.17. The van der Waals surface area contributed by atoms with Gasteiger partial charge in [-0.15, -0.1) is 0 Å². The first kappa shape index (κ1) is 10.3. The van der Waals surface area contributed by atoms with Crippen LogP contribution in [0.25, 0.3) is 0 Å². The largest absolute Gasteiger partial charge is 0.438 e. The Kier molecular flexibility index (Phi) is 2.52. The zero-order valence-electron chi connectivity index (χ0n) is 9.81. The van der Waals surface area contributed by atoms with E-state index in [1.165, 1.54) is 11.1 Å². The van der Waals surface area contributed by atoms with Gasteiger partial charge in [0.2, 0.25) is 5.88 Å². The molecule has 1 aliphatic heterocycles. The lowest BCUT2D eigenvalue weighted by atomic mass is 10.1. The van der Waals surface area contributed by atoms with E-state index in [-0.39, 0.29) is 0 Å². The van der Waals surface area contributed by atoms with Crippen molar-refractivity contribution in [3.8, 4) is 11.6 Å². The summed E-state index contributed by atoms with van der Waals surface area (Å²) in [7, 11) is 0. The highest BCUT2D eigenvalue weighted by Crippen LogP contribution is 2.31. The van der Waals surface area contributed by atoms with Crippen molar-refractivity contribution < 1.29 is 4.74 Å². The van der Waals surface area contributed by atoms with Crippen molar-refractivity contribution in [2.45, 2.75) is 26.2 Å². The second-order valence-electron chi connectivity index (χ2n) is 4.25. The van der Waals surface area contributed by atoms with Crippen LogP contribution < -0.4 is 4.74 Å². The molecule has 0 unspecified atom stereocenters. The summed E-state index contributed by atoms with van der Waals surface area (Å²) in [4.78, 5) is 8.54. The third kappa shape index (κ3) is 1.88. The van der Waals surface area contributed by atoms with Crippen LogP contribution in [0.15, 0.2) is 30.7 Å². The maximum absolute atomic E-state index is 5.85. The van der Waals surface area contributed by atoms with E-state index < -0.39 is 0 Å². The van der Waals surface area contributed by atoms with E-state index in [9.17, 15) is 0 Å². The molecule has 0 saturated heterocycles. The molecular formula is C14H14N2O. The molecule has 3 nitrogen and oxygen atoms in total. The molecule has 0 N–H and O–H groups in total. The van der Waals surface area contributed by atoms with Gasteiger partial charge in [0.1, 0.15) is 5.75 Å². The van der Waals surface area contributed by atoms with E-state index in [0.29, 0.717) is 0 Å². The van der Waals surface area contributed by atoms with Gasteiger partial charge >= 0.3 is 0 Å². The number of pyridine rings is 2. The second-order valence-corrected chi connectivity index (χ2v) is 4.25. The van der Waals surface area contributed by atoms with Gasteiger partial charge in [0.25, 0.3) is 0 Å². The van der Waals surface area contributed by atoms with E-state index in [4.69, 9.17) is 4.74 Å². The predicted molar refractivity (Wildman–Crippen MR) is 65.3 cm³/mol. The molecular weight excluding hydrogens is 212 g/mol. The number of aromatic nitrogens is 2. The molecule has 2 aromatic heterocycles. The Hall–Kier alpha value is -1.90. The number of hydrogen-bond donors (Lipinski definition) is 0. The van der Waals surface area contributed by atoms with Crippen LogP contribution in [0.3, 0.4) is 0 Å². The molecule has 2 aromatic rings. The van der Waals surface area contributed by atoms with Crippen molar-refractivity contribution in [2.24, 2.45) is 0 Å². The Bertz CT molecular complexity index is 552. The predicted octanol–water partition coefficient (Wildman–Crippen LogP) is 2.93. The minimum absolute atomic E-state index is 0.743. The van der Waals surface area contributed by atoms with Crippen LogP contribution in [0.2, 0.25) is 0 Å². The number of ether oxygens (including phenoxy) is 1. The van der Waals surface area contributed by atoms with Crippen LogP contribution in [0.4, 0.5) is 0 Å². The minimum Gasteiger partial charge on any atom is -0.438 e. The highest BCUT2D eigenvalue weighted by molar-refractivity contribution is 5.41. The van der Waals surface area contributed by atoms with Crippen molar-refractivity contribution in [3.63, 3.8) is 0 Å². The van der Waals surface area contributed by atoms with Crippen LogP contribution in [-0.4, -0.2) is 9.97 Å². The topological polar surface area (TPSA) is 35.0 Å². The summed E-state index contributed by atoms with van der Waals surface area (Å²) in [6, 6.07) is 4.10. The number of rotatable bonds is 1. The molecule has 3 heteroatoms. The Morgan fingerprint density at radius 2 is 2.12 bits per heavy atom. The third-order valence-electron chi connectivity index (χ3n) is 3.12. The highest BCUT2D eigenvalue weighted by atomic mass is 16.5. The van der Waals surface area contributed by atoms with E-state index in [2.05, 4.69) is 23.0 Å². The lowest BCUT2D eigenvalue weighted by molar-refractivity contribution is 0.458. The van der Waals surface area contributed by atoms with Crippen molar-refractivity contribution in [2.75, 3.05) is 0 Å². The SMILES string of the molecule is CCc1cnc2c(c1)CCc1cnccc1O2. The van der Waals surface area contributed by atoms with Crippen molar-refractivity contribution in [1.82, 2.24) is 9.97 Å². The van der Waals surface area contributed by atoms with Crippen molar-refractivity contribution in [3.05, 3.63) is 47.4 Å². The molecule has 0 fully saturated rings. The first-order valence-corrected chi connectivity index (χ1v) is 5.95. The van der Waals surface area contributed by atoms with E-state index >= 15 is 0 Å². The maximum Gasteiger partial charge on any atom is 0.222 e. The van der Waals surface area contributed by atoms with Gasteiger partial charge in [-0.2, -0.15) is 0 Å². The summed E-state index contributed by atoms with van der Waals surface area (Å²) in [5, 5.41) is 0. The van der Waals surface area contributed by atoms with Crippen LogP contribution in [0.1, 0.15) is 23.6 Å². The summed E-state index contributed by atoms with van der Waals surface area (Å²) in [6.45, 7) is 2.14. The molecule has 3 heterocycles. The Labute approximate surface area is 100 Å². The smallest absolute Gasteiger partial charge is 0.222 e. The standard InChI is InChI=1S/C14H14N2O/c1-2-10-7-11-3-4-12-9-15-6-5-13(12)17-14(11)16-8-10/h5-9H,2-4H2,1H3. The Morgan fingerprint density at radius 3 is 3.00 bits per heavy atom. The summed E-state index contributed by atoms with van der Waals surface area (Å²) >= 11 is 0. The van der Waals surface area contributed by atoms with Gasteiger partial charge in [0.05, 0.1) is 0 Å². The maximum atomic E-state index is 5.85. The molecule has 17 heavy (non-hydrogen) atoms. The van der Waals surface area contributed by atoms with E-state index in [1.54, 1.807) is 6.20 Å². The Balaban J connectivity index is 2.03. The monoisotopic (exact) mass is 226 g/mol. The Morgan fingerprint density at radius 1 is 1.24 bits per heavy atom.